The Kier molecular flexibility index (Phi) is 7.20. The lowest BCUT2D eigenvalue weighted by Gasteiger charge is -2.21. The van der Waals surface area contributed by atoms with Gasteiger partial charge in [0.1, 0.15) is 0 Å². The summed E-state index contributed by atoms with van der Waals surface area (Å²) < 4.78 is 5.04. The van der Waals surface area contributed by atoms with Crippen molar-refractivity contribution in [2.45, 2.75) is 32.7 Å². The maximum atomic E-state index is 11.5. The highest BCUT2D eigenvalue weighted by atomic mass is 16.5. The third-order valence-electron chi connectivity index (χ3n) is 2.15. The molecule has 0 rings (SSSR count). The van der Waals surface area contributed by atoms with Gasteiger partial charge in [-0.1, -0.05) is 13.3 Å². The molecule has 1 atom stereocenters. The Morgan fingerprint density at radius 3 is 2.57 bits per heavy atom. The summed E-state index contributed by atoms with van der Waals surface area (Å²) in [7, 11) is 3.43. The van der Waals surface area contributed by atoms with Gasteiger partial charge in [0.2, 0.25) is 0 Å². The zero-order chi connectivity index (χ0) is 11.0. The van der Waals surface area contributed by atoms with Crippen molar-refractivity contribution in [3.63, 3.8) is 0 Å². The summed E-state index contributed by atoms with van der Waals surface area (Å²) in [5.41, 5.74) is 0. The van der Waals surface area contributed by atoms with Crippen molar-refractivity contribution in [1.29, 1.82) is 0 Å². The average molecular weight is 202 g/mol. The molecular formula is C10H22N2O2. The van der Waals surface area contributed by atoms with Gasteiger partial charge >= 0.3 is 6.03 Å². The molecule has 0 aliphatic rings. The molecule has 0 saturated carbocycles. The first-order valence-electron chi connectivity index (χ1n) is 5.16. The Hall–Kier alpha value is -0.770. The number of carbonyl (C=O) groups is 1. The molecule has 0 spiro atoms. The SMILES string of the molecule is CCCC(COC)NC(=O)N(C)CC. The Balaban J connectivity index is 3.94. The van der Waals surface area contributed by atoms with E-state index in [4.69, 9.17) is 4.74 Å². The number of hydrogen-bond donors (Lipinski definition) is 1. The molecule has 0 aromatic carbocycles. The Morgan fingerprint density at radius 2 is 2.14 bits per heavy atom. The molecule has 0 fully saturated rings. The zero-order valence-electron chi connectivity index (χ0n) is 9.67. The van der Waals surface area contributed by atoms with Crippen LogP contribution in [0.1, 0.15) is 26.7 Å². The van der Waals surface area contributed by atoms with Gasteiger partial charge in [-0.25, -0.2) is 4.79 Å². The van der Waals surface area contributed by atoms with E-state index in [-0.39, 0.29) is 12.1 Å². The Morgan fingerprint density at radius 1 is 1.50 bits per heavy atom. The molecule has 0 aliphatic carbocycles. The van der Waals surface area contributed by atoms with Gasteiger partial charge < -0.3 is 15.0 Å². The molecule has 0 radical (unpaired) electrons. The lowest BCUT2D eigenvalue weighted by Crippen LogP contribution is -2.44. The van der Waals surface area contributed by atoms with E-state index in [0.717, 1.165) is 19.4 Å². The van der Waals surface area contributed by atoms with E-state index in [1.165, 1.54) is 0 Å². The Labute approximate surface area is 86.6 Å². The highest BCUT2D eigenvalue weighted by molar-refractivity contribution is 5.74. The highest BCUT2D eigenvalue weighted by Crippen LogP contribution is 1.98. The van der Waals surface area contributed by atoms with Gasteiger partial charge in [-0.05, 0) is 13.3 Å². The largest absolute Gasteiger partial charge is 0.383 e. The molecule has 1 N–H and O–H groups in total. The van der Waals surface area contributed by atoms with Gasteiger partial charge in [0, 0.05) is 20.7 Å². The van der Waals surface area contributed by atoms with Crippen molar-refractivity contribution in [3.8, 4) is 0 Å². The summed E-state index contributed by atoms with van der Waals surface area (Å²) in [5, 5.41) is 2.93. The first-order chi connectivity index (χ1) is 6.65. The third-order valence-corrected chi connectivity index (χ3v) is 2.15. The monoisotopic (exact) mass is 202 g/mol. The molecule has 14 heavy (non-hydrogen) atoms. The van der Waals surface area contributed by atoms with Crippen molar-refractivity contribution in [3.05, 3.63) is 0 Å². The minimum absolute atomic E-state index is 0.0250. The van der Waals surface area contributed by atoms with Gasteiger partial charge in [-0.2, -0.15) is 0 Å². The van der Waals surface area contributed by atoms with Crippen molar-refractivity contribution >= 4 is 6.03 Å². The number of rotatable bonds is 6. The van der Waals surface area contributed by atoms with Gasteiger partial charge in [0.15, 0.2) is 0 Å². The molecule has 4 heteroatoms. The fourth-order valence-electron chi connectivity index (χ4n) is 1.18. The van der Waals surface area contributed by atoms with Crippen LogP contribution in [-0.2, 0) is 4.74 Å². The van der Waals surface area contributed by atoms with E-state index in [1.807, 2.05) is 6.92 Å². The normalized spacial score (nSPS) is 12.3. The van der Waals surface area contributed by atoms with Gasteiger partial charge in [0.05, 0.1) is 12.6 Å². The van der Waals surface area contributed by atoms with Crippen LogP contribution in [-0.4, -0.2) is 44.3 Å². The summed E-state index contributed by atoms with van der Waals surface area (Å²) >= 11 is 0. The number of urea groups is 1. The molecule has 0 saturated heterocycles. The van der Waals surface area contributed by atoms with Crippen molar-refractivity contribution in [2.75, 3.05) is 27.3 Å². The number of ether oxygens (including phenoxy) is 1. The molecule has 0 aromatic heterocycles. The minimum Gasteiger partial charge on any atom is -0.383 e. The second-order valence-corrected chi connectivity index (χ2v) is 3.40. The predicted molar refractivity (Wildman–Crippen MR) is 57.4 cm³/mol. The van der Waals surface area contributed by atoms with E-state index < -0.39 is 0 Å². The molecule has 1 unspecified atom stereocenters. The second kappa shape index (κ2) is 7.62. The summed E-state index contributed by atoms with van der Waals surface area (Å²) in [6, 6.07) is 0.106. The van der Waals surface area contributed by atoms with E-state index in [2.05, 4.69) is 12.2 Å². The van der Waals surface area contributed by atoms with Crippen LogP contribution in [0.5, 0.6) is 0 Å². The fraction of sp³-hybridized carbons (Fsp3) is 0.900. The maximum Gasteiger partial charge on any atom is 0.317 e. The van der Waals surface area contributed by atoms with Crippen LogP contribution in [0.3, 0.4) is 0 Å². The van der Waals surface area contributed by atoms with Gasteiger partial charge in [-0.3, -0.25) is 0 Å². The average Bonchev–Trinajstić information content (AvgIpc) is 2.17. The third kappa shape index (κ3) is 5.07. The first-order valence-corrected chi connectivity index (χ1v) is 5.16. The lowest BCUT2D eigenvalue weighted by molar-refractivity contribution is 0.154. The number of methoxy groups -OCH3 is 1. The minimum atomic E-state index is -0.0250. The van der Waals surface area contributed by atoms with Gasteiger partial charge in [0.25, 0.3) is 0 Å². The molecular weight excluding hydrogens is 180 g/mol. The van der Waals surface area contributed by atoms with E-state index >= 15 is 0 Å². The number of nitrogens with zero attached hydrogens (tertiary/aromatic N) is 1. The van der Waals surface area contributed by atoms with Crippen LogP contribution < -0.4 is 5.32 Å². The van der Waals surface area contributed by atoms with Crippen LogP contribution in [0.25, 0.3) is 0 Å². The maximum absolute atomic E-state index is 11.5. The number of nitrogens with one attached hydrogen (secondary N) is 1. The molecule has 2 amide bonds. The van der Waals surface area contributed by atoms with Crippen LogP contribution in [0.15, 0.2) is 0 Å². The number of hydrogen-bond acceptors (Lipinski definition) is 2. The molecule has 0 aliphatic heterocycles. The fourth-order valence-corrected chi connectivity index (χ4v) is 1.18. The van der Waals surface area contributed by atoms with Crippen molar-refractivity contribution in [2.24, 2.45) is 0 Å². The van der Waals surface area contributed by atoms with Crippen LogP contribution >= 0.6 is 0 Å². The molecule has 0 heterocycles. The molecule has 0 bridgehead atoms. The predicted octanol–water partition coefficient (Wildman–Crippen LogP) is 1.46. The number of amides is 2. The molecule has 0 aromatic rings. The van der Waals surface area contributed by atoms with Crippen LogP contribution in [0.4, 0.5) is 4.79 Å². The van der Waals surface area contributed by atoms with Crippen molar-refractivity contribution in [1.82, 2.24) is 10.2 Å². The highest BCUT2D eigenvalue weighted by Gasteiger charge is 2.13. The standard InChI is InChI=1S/C10H22N2O2/c1-5-7-9(8-14-4)11-10(13)12(3)6-2/h9H,5-8H2,1-4H3,(H,11,13). The second-order valence-electron chi connectivity index (χ2n) is 3.40. The zero-order valence-corrected chi connectivity index (χ0v) is 9.67. The smallest absolute Gasteiger partial charge is 0.317 e. The summed E-state index contributed by atoms with van der Waals surface area (Å²) in [6.45, 7) is 5.35. The summed E-state index contributed by atoms with van der Waals surface area (Å²) in [4.78, 5) is 13.1. The van der Waals surface area contributed by atoms with Gasteiger partial charge in [-0.15, -0.1) is 0 Å². The summed E-state index contributed by atoms with van der Waals surface area (Å²) in [5.74, 6) is 0. The van der Waals surface area contributed by atoms with E-state index in [9.17, 15) is 4.79 Å². The Bertz CT molecular complexity index is 156. The topological polar surface area (TPSA) is 41.6 Å². The van der Waals surface area contributed by atoms with Crippen LogP contribution in [0, 0.1) is 0 Å². The first kappa shape index (κ1) is 13.2. The van der Waals surface area contributed by atoms with E-state index in [1.54, 1.807) is 19.1 Å². The number of carbonyl (C=O) groups excluding carboxylic acids is 1. The summed E-state index contributed by atoms with van der Waals surface area (Å²) in [6.07, 6.45) is 2.00. The van der Waals surface area contributed by atoms with Crippen molar-refractivity contribution < 1.29 is 9.53 Å². The van der Waals surface area contributed by atoms with Crippen LogP contribution in [0.2, 0.25) is 0 Å². The lowest BCUT2D eigenvalue weighted by atomic mass is 10.2. The molecule has 4 nitrogen and oxygen atoms in total. The quantitative estimate of drug-likeness (QED) is 0.708. The molecule has 84 valence electrons. The van der Waals surface area contributed by atoms with E-state index in [0.29, 0.717) is 6.61 Å².